The van der Waals surface area contributed by atoms with Crippen molar-refractivity contribution in [3.05, 3.63) is 58.9 Å². The van der Waals surface area contributed by atoms with Gasteiger partial charge in [0.05, 0.1) is 6.42 Å². The second-order valence-electron chi connectivity index (χ2n) is 7.35. The van der Waals surface area contributed by atoms with E-state index in [2.05, 4.69) is 0 Å². The summed E-state index contributed by atoms with van der Waals surface area (Å²) in [4.78, 5) is 12.4. The van der Waals surface area contributed by atoms with E-state index in [1.807, 2.05) is 18.2 Å². The highest BCUT2D eigenvalue weighted by Crippen LogP contribution is 2.31. The number of halogens is 4. The van der Waals surface area contributed by atoms with Crippen molar-refractivity contribution in [2.75, 3.05) is 18.0 Å². The smallest absolute Gasteiger partial charge is 0.390 e. The molecule has 162 valence electrons. The van der Waals surface area contributed by atoms with Gasteiger partial charge in [-0.15, -0.1) is 0 Å². The quantitative estimate of drug-likeness (QED) is 0.596. The first kappa shape index (κ1) is 21.9. The van der Waals surface area contributed by atoms with Gasteiger partial charge in [-0.2, -0.15) is 13.2 Å². The van der Waals surface area contributed by atoms with Crippen LogP contribution >= 0.6 is 0 Å². The van der Waals surface area contributed by atoms with Crippen LogP contribution < -0.4 is 9.64 Å². The normalized spacial score (nSPS) is 13.8. The number of carboxylic acids is 1. The molecule has 0 fully saturated rings. The second-order valence-corrected chi connectivity index (χ2v) is 7.35. The summed E-state index contributed by atoms with van der Waals surface area (Å²) in [6.45, 7) is 0.647. The molecular weight excluding hydrogens is 402 g/mol. The SMILES string of the molecule is O=C(O)CCc1ccc(OCc2ccc3c(c2)N(CCC(F)(F)F)CCC3)cc1F. The van der Waals surface area contributed by atoms with E-state index in [1.54, 1.807) is 11.0 Å². The van der Waals surface area contributed by atoms with Gasteiger partial charge in [0, 0.05) is 31.3 Å². The standard InChI is InChI=1S/C22H23F4NO3/c23-19-13-18(7-5-16(19)6-8-21(28)29)30-14-15-3-4-17-2-1-10-27(20(17)12-15)11-9-22(24,25)26/h3-5,7,12-13H,1-2,6,8-11,14H2,(H,28,29). The van der Waals surface area contributed by atoms with Crippen molar-refractivity contribution in [3.8, 4) is 5.75 Å². The maximum absolute atomic E-state index is 14.1. The van der Waals surface area contributed by atoms with Gasteiger partial charge in [0.15, 0.2) is 0 Å². The number of nitrogens with zero attached hydrogens (tertiary/aromatic N) is 1. The topological polar surface area (TPSA) is 49.8 Å². The van der Waals surface area contributed by atoms with Gasteiger partial charge in [-0.05, 0) is 48.1 Å². The molecule has 0 spiro atoms. The van der Waals surface area contributed by atoms with Gasteiger partial charge in [0.2, 0.25) is 0 Å². The molecule has 0 saturated carbocycles. The number of aliphatic carboxylic acids is 1. The summed E-state index contributed by atoms with van der Waals surface area (Å²) in [6.07, 6.45) is -3.48. The van der Waals surface area contributed by atoms with Crippen LogP contribution in [0.3, 0.4) is 0 Å². The number of alkyl halides is 3. The number of hydrogen-bond donors (Lipinski definition) is 1. The van der Waals surface area contributed by atoms with E-state index in [9.17, 15) is 22.4 Å². The lowest BCUT2D eigenvalue weighted by atomic mass is 9.99. The zero-order valence-corrected chi connectivity index (χ0v) is 16.3. The van der Waals surface area contributed by atoms with Gasteiger partial charge in [-0.1, -0.05) is 18.2 Å². The highest BCUT2D eigenvalue weighted by molar-refractivity contribution is 5.67. The number of anilines is 1. The van der Waals surface area contributed by atoms with E-state index >= 15 is 0 Å². The van der Waals surface area contributed by atoms with E-state index in [0.29, 0.717) is 17.9 Å². The Morgan fingerprint density at radius 3 is 2.67 bits per heavy atom. The molecule has 3 rings (SSSR count). The first-order chi connectivity index (χ1) is 14.2. The Labute approximate surface area is 172 Å². The molecule has 0 radical (unpaired) electrons. The first-order valence-corrected chi connectivity index (χ1v) is 9.78. The molecule has 2 aromatic carbocycles. The number of fused-ring (bicyclic) bond motifs is 1. The van der Waals surface area contributed by atoms with Crippen molar-refractivity contribution in [2.24, 2.45) is 0 Å². The Hall–Kier alpha value is -2.77. The van der Waals surface area contributed by atoms with Gasteiger partial charge in [-0.25, -0.2) is 4.39 Å². The monoisotopic (exact) mass is 425 g/mol. The first-order valence-electron chi connectivity index (χ1n) is 9.78. The average molecular weight is 425 g/mol. The van der Waals surface area contributed by atoms with Gasteiger partial charge in [0.25, 0.3) is 0 Å². The zero-order valence-electron chi connectivity index (χ0n) is 16.3. The molecule has 0 saturated heterocycles. The van der Waals surface area contributed by atoms with Gasteiger partial charge in [0.1, 0.15) is 18.2 Å². The molecule has 2 aromatic rings. The Kier molecular flexibility index (Phi) is 6.84. The number of hydrogen-bond acceptors (Lipinski definition) is 3. The van der Waals surface area contributed by atoms with Gasteiger partial charge < -0.3 is 14.7 Å². The fraction of sp³-hybridized carbons (Fsp3) is 0.409. The Morgan fingerprint density at radius 1 is 1.17 bits per heavy atom. The van der Waals surface area contributed by atoms with Crippen LogP contribution in [0.15, 0.2) is 36.4 Å². The summed E-state index contributed by atoms with van der Waals surface area (Å²) < 4.78 is 57.6. The minimum atomic E-state index is -4.20. The predicted octanol–water partition coefficient (Wildman–Crippen LogP) is 5.13. The lowest BCUT2D eigenvalue weighted by Crippen LogP contribution is -2.32. The lowest BCUT2D eigenvalue weighted by molar-refractivity contribution is -0.137. The van der Waals surface area contributed by atoms with Crippen LogP contribution in [0.4, 0.5) is 23.2 Å². The van der Waals surface area contributed by atoms with Crippen LogP contribution in [0.2, 0.25) is 0 Å². The molecule has 0 aliphatic carbocycles. The Bertz CT molecular complexity index is 898. The molecule has 1 N–H and O–H groups in total. The van der Waals surface area contributed by atoms with Crippen molar-refractivity contribution in [1.82, 2.24) is 0 Å². The summed E-state index contributed by atoms with van der Waals surface area (Å²) in [5, 5.41) is 8.70. The molecule has 4 nitrogen and oxygen atoms in total. The van der Waals surface area contributed by atoms with E-state index in [-0.39, 0.29) is 26.0 Å². The van der Waals surface area contributed by atoms with E-state index in [0.717, 1.165) is 29.7 Å². The third-order valence-corrected chi connectivity index (χ3v) is 5.07. The number of rotatable bonds is 8. The van der Waals surface area contributed by atoms with Crippen molar-refractivity contribution in [1.29, 1.82) is 0 Å². The number of carboxylic acid groups (broad SMARTS) is 1. The number of carbonyl (C=O) groups is 1. The summed E-state index contributed by atoms with van der Waals surface area (Å²) >= 11 is 0. The average Bonchev–Trinajstić information content (AvgIpc) is 2.69. The highest BCUT2D eigenvalue weighted by atomic mass is 19.4. The minimum Gasteiger partial charge on any atom is -0.489 e. The number of benzene rings is 2. The van der Waals surface area contributed by atoms with Crippen LogP contribution in [-0.2, 0) is 24.2 Å². The van der Waals surface area contributed by atoms with E-state index in [1.165, 1.54) is 12.1 Å². The van der Waals surface area contributed by atoms with Crippen LogP contribution in [0, 0.1) is 5.82 Å². The third kappa shape index (κ3) is 6.11. The fourth-order valence-electron chi connectivity index (χ4n) is 3.51. The third-order valence-electron chi connectivity index (χ3n) is 5.07. The van der Waals surface area contributed by atoms with Crippen molar-refractivity contribution >= 4 is 11.7 Å². The minimum absolute atomic E-state index is 0.0795. The largest absolute Gasteiger partial charge is 0.489 e. The zero-order chi connectivity index (χ0) is 21.7. The molecule has 1 aliphatic rings. The van der Waals surface area contributed by atoms with E-state index in [4.69, 9.17) is 9.84 Å². The van der Waals surface area contributed by atoms with Crippen LogP contribution in [0.1, 0.15) is 36.0 Å². The maximum atomic E-state index is 14.1. The van der Waals surface area contributed by atoms with Crippen molar-refractivity contribution in [3.63, 3.8) is 0 Å². The molecule has 1 heterocycles. The molecule has 0 atom stereocenters. The van der Waals surface area contributed by atoms with Crippen LogP contribution in [0.5, 0.6) is 5.75 Å². The second kappa shape index (κ2) is 9.36. The van der Waals surface area contributed by atoms with Gasteiger partial charge >= 0.3 is 12.1 Å². The Morgan fingerprint density at radius 2 is 1.97 bits per heavy atom. The van der Waals surface area contributed by atoms with Crippen LogP contribution in [-0.4, -0.2) is 30.3 Å². The lowest BCUT2D eigenvalue weighted by Gasteiger charge is -2.32. The molecule has 0 aromatic heterocycles. The highest BCUT2D eigenvalue weighted by Gasteiger charge is 2.29. The van der Waals surface area contributed by atoms with Crippen LogP contribution in [0.25, 0.3) is 0 Å². The molecule has 8 heteroatoms. The molecular formula is C22H23F4NO3. The summed E-state index contributed by atoms with van der Waals surface area (Å²) in [5.41, 5.74) is 2.89. The summed E-state index contributed by atoms with van der Waals surface area (Å²) in [7, 11) is 0. The molecule has 1 aliphatic heterocycles. The summed E-state index contributed by atoms with van der Waals surface area (Å²) in [5.74, 6) is -1.22. The predicted molar refractivity (Wildman–Crippen MR) is 104 cm³/mol. The molecule has 0 amide bonds. The number of ether oxygens (including phenoxy) is 1. The molecule has 30 heavy (non-hydrogen) atoms. The number of aryl methyl sites for hydroxylation is 2. The van der Waals surface area contributed by atoms with E-state index < -0.39 is 24.4 Å². The summed E-state index contributed by atoms with van der Waals surface area (Å²) in [6, 6.07) is 9.90. The fourth-order valence-corrected chi connectivity index (χ4v) is 3.51. The van der Waals surface area contributed by atoms with Gasteiger partial charge in [-0.3, -0.25) is 4.79 Å². The molecule has 0 unspecified atom stereocenters. The van der Waals surface area contributed by atoms with Crippen molar-refractivity contribution < 1.29 is 32.2 Å². The Balaban J connectivity index is 1.65. The van der Waals surface area contributed by atoms with Crippen molar-refractivity contribution in [2.45, 2.75) is 44.9 Å². The molecule has 0 bridgehead atoms. The maximum Gasteiger partial charge on any atom is 0.390 e.